The number of carbonyl (C=O) groups excluding carboxylic acids is 1. The molecule has 0 aromatic rings. The SMILES string of the molecule is CCCC(C)C(NN=NC)C(C)=O. The van der Waals surface area contributed by atoms with Crippen molar-refractivity contribution in [2.24, 2.45) is 16.3 Å². The zero-order chi connectivity index (χ0) is 10.3. The van der Waals surface area contributed by atoms with Gasteiger partial charge in [-0.2, -0.15) is 5.11 Å². The third-order valence-corrected chi connectivity index (χ3v) is 2.05. The number of hydrogen-bond acceptors (Lipinski definition) is 3. The fourth-order valence-electron chi connectivity index (χ4n) is 1.36. The number of rotatable bonds is 6. The lowest BCUT2D eigenvalue weighted by atomic mass is 9.95. The highest BCUT2D eigenvalue weighted by Crippen LogP contribution is 2.11. The predicted molar refractivity (Wildman–Crippen MR) is 52.5 cm³/mol. The topological polar surface area (TPSA) is 53.8 Å². The van der Waals surface area contributed by atoms with E-state index in [2.05, 4.69) is 22.7 Å². The van der Waals surface area contributed by atoms with E-state index >= 15 is 0 Å². The molecule has 0 saturated carbocycles. The van der Waals surface area contributed by atoms with E-state index < -0.39 is 0 Å². The lowest BCUT2D eigenvalue weighted by molar-refractivity contribution is -0.120. The highest BCUT2D eigenvalue weighted by atomic mass is 16.1. The van der Waals surface area contributed by atoms with E-state index in [1.165, 1.54) is 0 Å². The lowest BCUT2D eigenvalue weighted by Crippen LogP contribution is -2.37. The molecule has 0 rings (SSSR count). The van der Waals surface area contributed by atoms with Crippen molar-refractivity contribution in [1.29, 1.82) is 0 Å². The van der Waals surface area contributed by atoms with E-state index in [0.717, 1.165) is 12.8 Å². The average Bonchev–Trinajstić information content (AvgIpc) is 2.05. The van der Waals surface area contributed by atoms with E-state index in [-0.39, 0.29) is 11.8 Å². The fraction of sp³-hybridized carbons (Fsp3) is 0.889. The first-order chi connectivity index (χ1) is 6.13. The summed E-state index contributed by atoms with van der Waals surface area (Å²) < 4.78 is 0. The molecule has 0 radical (unpaired) electrons. The number of nitrogens with one attached hydrogen (secondary N) is 1. The van der Waals surface area contributed by atoms with Crippen molar-refractivity contribution in [3.8, 4) is 0 Å². The number of ketones is 1. The summed E-state index contributed by atoms with van der Waals surface area (Å²) in [4.78, 5) is 11.2. The summed E-state index contributed by atoms with van der Waals surface area (Å²) in [6, 6.07) is -0.191. The van der Waals surface area contributed by atoms with Crippen molar-refractivity contribution >= 4 is 5.78 Å². The summed E-state index contributed by atoms with van der Waals surface area (Å²) in [6.45, 7) is 5.73. The van der Waals surface area contributed by atoms with Gasteiger partial charge in [-0.15, -0.1) is 0 Å². The van der Waals surface area contributed by atoms with Crippen molar-refractivity contribution in [3.05, 3.63) is 0 Å². The minimum absolute atomic E-state index is 0.119. The van der Waals surface area contributed by atoms with Crippen molar-refractivity contribution in [3.63, 3.8) is 0 Å². The molecule has 0 aliphatic heterocycles. The highest BCUT2D eigenvalue weighted by molar-refractivity contribution is 5.81. The summed E-state index contributed by atoms with van der Waals surface area (Å²) in [5.74, 6) is 0.432. The summed E-state index contributed by atoms with van der Waals surface area (Å²) >= 11 is 0. The second-order valence-corrected chi connectivity index (χ2v) is 3.28. The number of carbonyl (C=O) groups is 1. The van der Waals surface area contributed by atoms with Gasteiger partial charge in [0.15, 0.2) is 5.78 Å². The summed E-state index contributed by atoms with van der Waals surface area (Å²) in [7, 11) is 1.58. The Labute approximate surface area is 79.8 Å². The molecule has 0 aliphatic carbocycles. The van der Waals surface area contributed by atoms with Gasteiger partial charge in [0.25, 0.3) is 0 Å². The van der Waals surface area contributed by atoms with Crippen LogP contribution in [0.25, 0.3) is 0 Å². The summed E-state index contributed by atoms with van der Waals surface area (Å²) in [5, 5.41) is 7.21. The van der Waals surface area contributed by atoms with Crippen LogP contribution in [0.4, 0.5) is 0 Å². The molecule has 0 aromatic carbocycles. The van der Waals surface area contributed by atoms with Crippen LogP contribution in [0.3, 0.4) is 0 Å². The largest absolute Gasteiger partial charge is 0.298 e. The fourth-order valence-corrected chi connectivity index (χ4v) is 1.36. The van der Waals surface area contributed by atoms with E-state index in [0.29, 0.717) is 5.92 Å². The number of Topliss-reactive ketones (excluding diaryl/α,β-unsaturated/α-hetero) is 1. The van der Waals surface area contributed by atoms with Crippen LogP contribution < -0.4 is 5.43 Å². The molecule has 0 aromatic heterocycles. The third kappa shape index (κ3) is 4.60. The Morgan fingerprint density at radius 3 is 2.54 bits per heavy atom. The molecule has 0 spiro atoms. The van der Waals surface area contributed by atoms with E-state index in [9.17, 15) is 4.79 Å². The zero-order valence-electron chi connectivity index (χ0n) is 8.87. The standard InChI is InChI=1S/C9H19N3O/c1-5-6-7(2)9(8(3)13)11-12-10-4/h7,9H,5-6H2,1-4H3,(H,10,11). The van der Waals surface area contributed by atoms with Gasteiger partial charge in [0.05, 0.1) is 7.05 Å². The molecular weight excluding hydrogens is 166 g/mol. The van der Waals surface area contributed by atoms with Crippen LogP contribution >= 0.6 is 0 Å². The first-order valence-corrected chi connectivity index (χ1v) is 4.68. The molecule has 4 nitrogen and oxygen atoms in total. The van der Waals surface area contributed by atoms with E-state index in [4.69, 9.17) is 0 Å². The van der Waals surface area contributed by atoms with Gasteiger partial charge < -0.3 is 0 Å². The molecule has 0 heterocycles. The maximum atomic E-state index is 11.2. The summed E-state index contributed by atoms with van der Waals surface area (Å²) in [5.41, 5.74) is 2.76. The summed E-state index contributed by atoms with van der Waals surface area (Å²) in [6.07, 6.45) is 2.10. The molecule has 4 heteroatoms. The van der Waals surface area contributed by atoms with Gasteiger partial charge in [0, 0.05) is 0 Å². The van der Waals surface area contributed by atoms with Crippen LogP contribution in [-0.4, -0.2) is 18.9 Å². The Bertz CT molecular complexity index is 180. The van der Waals surface area contributed by atoms with Crippen molar-refractivity contribution < 1.29 is 4.79 Å². The number of nitrogens with zero attached hydrogens (tertiary/aromatic N) is 2. The van der Waals surface area contributed by atoms with Gasteiger partial charge in [-0.25, -0.2) is 0 Å². The maximum Gasteiger partial charge on any atom is 0.153 e. The first-order valence-electron chi connectivity index (χ1n) is 4.68. The van der Waals surface area contributed by atoms with Crippen molar-refractivity contribution in [2.75, 3.05) is 7.05 Å². The molecule has 2 unspecified atom stereocenters. The minimum Gasteiger partial charge on any atom is -0.298 e. The Balaban J connectivity index is 4.14. The molecular formula is C9H19N3O. The van der Waals surface area contributed by atoms with Gasteiger partial charge in [-0.3, -0.25) is 10.2 Å². The molecule has 0 amide bonds. The Morgan fingerprint density at radius 1 is 1.54 bits per heavy atom. The molecule has 1 N–H and O–H groups in total. The maximum absolute atomic E-state index is 11.2. The van der Waals surface area contributed by atoms with E-state index in [1.807, 2.05) is 6.92 Å². The average molecular weight is 185 g/mol. The Hall–Kier alpha value is -0.930. The molecule has 76 valence electrons. The first kappa shape index (κ1) is 12.1. The highest BCUT2D eigenvalue weighted by Gasteiger charge is 2.20. The zero-order valence-corrected chi connectivity index (χ0v) is 8.87. The monoisotopic (exact) mass is 185 g/mol. The van der Waals surface area contributed by atoms with Crippen LogP contribution in [0.1, 0.15) is 33.6 Å². The normalized spacial score (nSPS) is 15.7. The predicted octanol–water partition coefficient (Wildman–Crippen LogP) is 1.97. The van der Waals surface area contributed by atoms with Gasteiger partial charge in [0.1, 0.15) is 6.04 Å². The Morgan fingerprint density at radius 2 is 2.15 bits per heavy atom. The quantitative estimate of drug-likeness (QED) is 0.508. The molecule has 0 bridgehead atoms. The third-order valence-electron chi connectivity index (χ3n) is 2.05. The van der Waals surface area contributed by atoms with Gasteiger partial charge in [0.2, 0.25) is 0 Å². The molecule has 0 saturated heterocycles. The van der Waals surface area contributed by atoms with E-state index in [1.54, 1.807) is 14.0 Å². The smallest absolute Gasteiger partial charge is 0.153 e. The van der Waals surface area contributed by atoms with Crippen LogP contribution in [-0.2, 0) is 4.79 Å². The molecule has 13 heavy (non-hydrogen) atoms. The van der Waals surface area contributed by atoms with Gasteiger partial charge in [-0.05, 0) is 19.3 Å². The van der Waals surface area contributed by atoms with Gasteiger partial charge >= 0.3 is 0 Å². The minimum atomic E-state index is -0.191. The second-order valence-electron chi connectivity index (χ2n) is 3.28. The Kier molecular flexibility index (Phi) is 6.10. The van der Waals surface area contributed by atoms with Crippen molar-refractivity contribution in [2.45, 2.75) is 39.7 Å². The van der Waals surface area contributed by atoms with Crippen LogP contribution in [0.5, 0.6) is 0 Å². The van der Waals surface area contributed by atoms with Gasteiger partial charge in [-0.1, -0.05) is 25.5 Å². The van der Waals surface area contributed by atoms with Crippen LogP contribution in [0.2, 0.25) is 0 Å². The molecule has 0 aliphatic rings. The van der Waals surface area contributed by atoms with Crippen LogP contribution in [0.15, 0.2) is 10.3 Å². The molecule has 0 fully saturated rings. The van der Waals surface area contributed by atoms with Crippen LogP contribution in [0, 0.1) is 5.92 Å². The number of hydrogen-bond donors (Lipinski definition) is 1. The second kappa shape index (κ2) is 6.57. The van der Waals surface area contributed by atoms with Crippen molar-refractivity contribution in [1.82, 2.24) is 5.43 Å². The molecule has 2 atom stereocenters. The lowest BCUT2D eigenvalue weighted by Gasteiger charge is -2.19.